The summed E-state index contributed by atoms with van der Waals surface area (Å²) in [5.41, 5.74) is 11.1. The highest BCUT2D eigenvalue weighted by Gasteiger charge is 2.19. The molecular formula is C15H17N3O. The Morgan fingerprint density at radius 1 is 1.11 bits per heavy atom. The summed E-state index contributed by atoms with van der Waals surface area (Å²) in [6, 6.07) is 3.90. The SMILES string of the molecule is Cc1cc(C)c(Oc2ncnc3c2CCC3)cc1N. The molecule has 0 saturated carbocycles. The topological polar surface area (TPSA) is 61.0 Å². The van der Waals surface area contributed by atoms with Crippen molar-refractivity contribution in [1.82, 2.24) is 9.97 Å². The van der Waals surface area contributed by atoms with Crippen molar-refractivity contribution < 1.29 is 4.74 Å². The normalized spacial score (nSPS) is 13.4. The van der Waals surface area contributed by atoms with Crippen molar-refractivity contribution in [3.63, 3.8) is 0 Å². The number of hydrogen-bond donors (Lipinski definition) is 1. The van der Waals surface area contributed by atoms with Gasteiger partial charge in [0.05, 0.1) is 5.69 Å². The van der Waals surface area contributed by atoms with Gasteiger partial charge in [-0.3, -0.25) is 0 Å². The van der Waals surface area contributed by atoms with Gasteiger partial charge < -0.3 is 10.5 Å². The maximum absolute atomic E-state index is 5.96. The van der Waals surface area contributed by atoms with Crippen LogP contribution in [0.2, 0.25) is 0 Å². The van der Waals surface area contributed by atoms with Gasteiger partial charge in [-0.2, -0.15) is 0 Å². The van der Waals surface area contributed by atoms with Crippen molar-refractivity contribution in [2.45, 2.75) is 33.1 Å². The Morgan fingerprint density at radius 3 is 2.79 bits per heavy atom. The summed E-state index contributed by atoms with van der Waals surface area (Å²) in [6.07, 6.45) is 4.71. The standard InChI is InChI=1S/C15H17N3O/c1-9-6-10(2)14(7-12(9)16)19-15-11-4-3-5-13(11)17-8-18-15/h6-8H,3-5,16H2,1-2H3. The van der Waals surface area contributed by atoms with Crippen molar-refractivity contribution in [1.29, 1.82) is 0 Å². The molecule has 2 N–H and O–H groups in total. The van der Waals surface area contributed by atoms with E-state index in [1.807, 2.05) is 26.0 Å². The highest BCUT2D eigenvalue weighted by atomic mass is 16.5. The number of nitrogens with zero attached hydrogens (tertiary/aromatic N) is 2. The van der Waals surface area contributed by atoms with Gasteiger partial charge in [-0.1, -0.05) is 6.07 Å². The van der Waals surface area contributed by atoms with Crippen LogP contribution in [0.15, 0.2) is 18.5 Å². The second-order valence-corrected chi connectivity index (χ2v) is 5.03. The van der Waals surface area contributed by atoms with Crippen LogP contribution in [-0.4, -0.2) is 9.97 Å². The zero-order valence-corrected chi connectivity index (χ0v) is 11.2. The third-order valence-corrected chi connectivity index (χ3v) is 3.61. The van der Waals surface area contributed by atoms with Crippen LogP contribution in [0.25, 0.3) is 0 Å². The summed E-state index contributed by atoms with van der Waals surface area (Å²) in [5.74, 6) is 1.45. The first-order valence-corrected chi connectivity index (χ1v) is 6.52. The van der Waals surface area contributed by atoms with Gasteiger partial charge in [0.2, 0.25) is 5.88 Å². The molecule has 1 aliphatic rings. The molecule has 2 aromatic rings. The number of anilines is 1. The minimum Gasteiger partial charge on any atom is -0.438 e. The Kier molecular flexibility index (Phi) is 2.85. The first-order valence-electron chi connectivity index (χ1n) is 6.52. The van der Waals surface area contributed by atoms with Crippen LogP contribution < -0.4 is 10.5 Å². The van der Waals surface area contributed by atoms with Crippen LogP contribution in [0.1, 0.15) is 28.8 Å². The molecule has 0 radical (unpaired) electrons. The molecule has 19 heavy (non-hydrogen) atoms. The predicted octanol–water partition coefficient (Wildman–Crippen LogP) is 2.96. The molecule has 0 spiro atoms. The maximum Gasteiger partial charge on any atom is 0.225 e. The number of fused-ring (bicyclic) bond motifs is 1. The number of aromatic nitrogens is 2. The van der Waals surface area contributed by atoms with E-state index < -0.39 is 0 Å². The lowest BCUT2D eigenvalue weighted by Crippen LogP contribution is -1.99. The zero-order valence-electron chi connectivity index (χ0n) is 11.2. The summed E-state index contributed by atoms with van der Waals surface area (Å²) in [5, 5.41) is 0. The average molecular weight is 255 g/mol. The molecule has 0 unspecified atom stereocenters. The summed E-state index contributed by atoms with van der Waals surface area (Å²) in [7, 11) is 0. The molecule has 1 aliphatic carbocycles. The number of ether oxygens (including phenoxy) is 1. The van der Waals surface area contributed by atoms with E-state index in [-0.39, 0.29) is 0 Å². The largest absolute Gasteiger partial charge is 0.438 e. The molecule has 0 atom stereocenters. The van der Waals surface area contributed by atoms with Gasteiger partial charge in [0.15, 0.2) is 0 Å². The lowest BCUT2D eigenvalue weighted by atomic mass is 10.1. The highest BCUT2D eigenvalue weighted by molar-refractivity contribution is 5.55. The summed E-state index contributed by atoms with van der Waals surface area (Å²) < 4.78 is 5.96. The van der Waals surface area contributed by atoms with Crippen LogP contribution in [0.4, 0.5) is 5.69 Å². The monoisotopic (exact) mass is 255 g/mol. The lowest BCUT2D eigenvalue weighted by molar-refractivity contribution is 0.452. The Morgan fingerprint density at radius 2 is 1.95 bits per heavy atom. The van der Waals surface area contributed by atoms with Crippen LogP contribution in [0, 0.1) is 13.8 Å². The van der Waals surface area contributed by atoms with Crippen LogP contribution >= 0.6 is 0 Å². The minimum absolute atomic E-state index is 0.675. The van der Waals surface area contributed by atoms with E-state index in [1.165, 1.54) is 0 Å². The van der Waals surface area contributed by atoms with E-state index in [2.05, 4.69) is 9.97 Å². The molecule has 0 saturated heterocycles. The third-order valence-electron chi connectivity index (χ3n) is 3.61. The van der Waals surface area contributed by atoms with Crippen molar-refractivity contribution in [3.8, 4) is 11.6 Å². The van der Waals surface area contributed by atoms with Gasteiger partial charge in [0, 0.05) is 17.3 Å². The fraction of sp³-hybridized carbons (Fsp3) is 0.333. The number of benzene rings is 1. The molecule has 98 valence electrons. The van der Waals surface area contributed by atoms with E-state index in [4.69, 9.17) is 10.5 Å². The van der Waals surface area contributed by atoms with E-state index in [0.717, 1.165) is 53.1 Å². The number of nitrogens with two attached hydrogens (primary N) is 1. The molecule has 0 fully saturated rings. The van der Waals surface area contributed by atoms with E-state index in [0.29, 0.717) is 5.88 Å². The van der Waals surface area contributed by atoms with Crippen molar-refractivity contribution in [3.05, 3.63) is 40.8 Å². The quantitative estimate of drug-likeness (QED) is 0.838. The van der Waals surface area contributed by atoms with Gasteiger partial charge in [-0.25, -0.2) is 9.97 Å². The van der Waals surface area contributed by atoms with Crippen LogP contribution in [0.5, 0.6) is 11.6 Å². The number of rotatable bonds is 2. The molecule has 4 heteroatoms. The smallest absolute Gasteiger partial charge is 0.225 e. The van der Waals surface area contributed by atoms with Crippen molar-refractivity contribution in [2.75, 3.05) is 5.73 Å². The third kappa shape index (κ3) is 2.14. The number of hydrogen-bond acceptors (Lipinski definition) is 4. The number of aryl methyl sites for hydroxylation is 3. The fourth-order valence-electron chi connectivity index (χ4n) is 2.48. The first-order chi connectivity index (χ1) is 9.15. The molecule has 1 heterocycles. The molecule has 1 aromatic heterocycles. The van der Waals surface area contributed by atoms with Gasteiger partial charge in [-0.15, -0.1) is 0 Å². The molecule has 0 aliphatic heterocycles. The fourth-order valence-corrected chi connectivity index (χ4v) is 2.48. The van der Waals surface area contributed by atoms with Gasteiger partial charge >= 0.3 is 0 Å². The van der Waals surface area contributed by atoms with Crippen LogP contribution in [0.3, 0.4) is 0 Å². The molecular weight excluding hydrogens is 238 g/mol. The second-order valence-electron chi connectivity index (χ2n) is 5.03. The second kappa shape index (κ2) is 4.53. The maximum atomic E-state index is 5.96. The Balaban J connectivity index is 1.98. The van der Waals surface area contributed by atoms with Gasteiger partial charge in [-0.05, 0) is 44.2 Å². The van der Waals surface area contributed by atoms with Gasteiger partial charge in [0.25, 0.3) is 0 Å². The van der Waals surface area contributed by atoms with Gasteiger partial charge in [0.1, 0.15) is 12.1 Å². The van der Waals surface area contributed by atoms with E-state index >= 15 is 0 Å². The zero-order chi connectivity index (χ0) is 13.4. The lowest BCUT2D eigenvalue weighted by Gasteiger charge is -2.12. The average Bonchev–Trinajstić information content (AvgIpc) is 2.85. The Labute approximate surface area is 112 Å². The molecule has 3 rings (SSSR count). The van der Waals surface area contributed by atoms with Crippen molar-refractivity contribution in [2.24, 2.45) is 0 Å². The number of nitrogen functional groups attached to an aromatic ring is 1. The minimum atomic E-state index is 0.675. The van der Waals surface area contributed by atoms with Crippen molar-refractivity contribution >= 4 is 5.69 Å². The summed E-state index contributed by atoms with van der Waals surface area (Å²) >= 11 is 0. The molecule has 0 amide bonds. The Hall–Kier alpha value is -2.10. The molecule has 4 nitrogen and oxygen atoms in total. The van der Waals surface area contributed by atoms with E-state index in [1.54, 1.807) is 6.33 Å². The molecule has 0 bridgehead atoms. The molecule has 1 aromatic carbocycles. The highest BCUT2D eigenvalue weighted by Crippen LogP contribution is 2.33. The van der Waals surface area contributed by atoms with Crippen LogP contribution in [-0.2, 0) is 12.8 Å². The first kappa shape index (κ1) is 12.0. The summed E-state index contributed by atoms with van der Waals surface area (Å²) in [4.78, 5) is 8.56. The Bertz CT molecular complexity index is 638. The predicted molar refractivity (Wildman–Crippen MR) is 74.5 cm³/mol. The van der Waals surface area contributed by atoms with E-state index in [9.17, 15) is 0 Å². The summed E-state index contributed by atoms with van der Waals surface area (Å²) in [6.45, 7) is 4.01.